The first-order chi connectivity index (χ1) is 14.2. The Balaban J connectivity index is 1.38. The van der Waals surface area contributed by atoms with Gasteiger partial charge >= 0.3 is 0 Å². The zero-order chi connectivity index (χ0) is 20.2. The molecule has 0 aliphatic heterocycles. The number of aromatic nitrogens is 3. The number of rotatable bonds is 8. The molecule has 1 aliphatic carbocycles. The van der Waals surface area contributed by atoms with Gasteiger partial charge in [-0.1, -0.05) is 23.9 Å². The number of carbonyl (C=O) groups is 1. The Kier molecular flexibility index (Phi) is 5.80. The van der Waals surface area contributed by atoms with Crippen molar-refractivity contribution in [3.8, 4) is 17.1 Å². The van der Waals surface area contributed by atoms with Crippen LogP contribution in [-0.2, 0) is 4.79 Å². The number of anilines is 1. The number of nitrogens with zero attached hydrogens (tertiary/aromatic N) is 3. The fourth-order valence-corrected chi connectivity index (χ4v) is 3.94. The van der Waals surface area contributed by atoms with E-state index in [1.54, 1.807) is 49.6 Å². The summed E-state index contributed by atoms with van der Waals surface area (Å²) in [7, 11) is 1.60. The van der Waals surface area contributed by atoms with Crippen LogP contribution < -0.4 is 10.1 Å². The molecule has 1 aliphatic rings. The van der Waals surface area contributed by atoms with Crippen LogP contribution in [0.3, 0.4) is 0 Å². The van der Waals surface area contributed by atoms with E-state index >= 15 is 0 Å². The van der Waals surface area contributed by atoms with Gasteiger partial charge in [0.15, 0.2) is 11.0 Å². The molecule has 8 heteroatoms. The summed E-state index contributed by atoms with van der Waals surface area (Å²) in [6.07, 6.45) is 2.40. The number of methoxy groups -OCH3 is 1. The maximum absolute atomic E-state index is 14.2. The minimum atomic E-state index is -0.308. The molecule has 1 aromatic heterocycles. The lowest BCUT2D eigenvalue weighted by molar-refractivity contribution is -0.115. The summed E-state index contributed by atoms with van der Waals surface area (Å²) in [5.74, 6) is 1.47. The third kappa shape index (κ3) is 4.59. The lowest BCUT2D eigenvalue weighted by Crippen LogP contribution is -2.12. The molecule has 1 heterocycles. The van der Waals surface area contributed by atoms with E-state index in [2.05, 4.69) is 15.5 Å². The molecule has 0 bridgehead atoms. The first kappa shape index (κ1) is 19.4. The number of ether oxygens (including phenoxy) is 1. The SMILES string of the molecule is COc1ccc(NC(=O)CCSc2nnc(-c3ccccc3F)n2C2CC2)cc1. The van der Waals surface area contributed by atoms with E-state index in [1.807, 2.05) is 4.57 Å². The first-order valence-electron chi connectivity index (χ1n) is 9.42. The van der Waals surface area contributed by atoms with E-state index in [9.17, 15) is 9.18 Å². The molecule has 1 N–H and O–H groups in total. The molecule has 1 amide bonds. The van der Waals surface area contributed by atoms with Crippen LogP contribution in [0.1, 0.15) is 25.3 Å². The van der Waals surface area contributed by atoms with Crippen LogP contribution in [0.15, 0.2) is 53.7 Å². The number of halogens is 1. The number of nitrogens with one attached hydrogen (secondary N) is 1. The zero-order valence-electron chi connectivity index (χ0n) is 16.0. The van der Waals surface area contributed by atoms with E-state index in [0.717, 1.165) is 29.4 Å². The number of carbonyl (C=O) groups excluding carboxylic acids is 1. The van der Waals surface area contributed by atoms with E-state index < -0.39 is 0 Å². The van der Waals surface area contributed by atoms with Crippen LogP contribution in [-0.4, -0.2) is 33.5 Å². The molecular formula is C21H21FN4O2S. The van der Waals surface area contributed by atoms with E-state index in [4.69, 9.17) is 4.74 Å². The summed E-state index contributed by atoms with van der Waals surface area (Å²) in [5.41, 5.74) is 1.18. The maximum Gasteiger partial charge on any atom is 0.225 e. The molecule has 0 radical (unpaired) electrons. The topological polar surface area (TPSA) is 69.0 Å². The van der Waals surface area contributed by atoms with Gasteiger partial charge < -0.3 is 10.1 Å². The van der Waals surface area contributed by atoms with Gasteiger partial charge in [-0.2, -0.15) is 0 Å². The van der Waals surface area contributed by atoms with Crippen molar-refractivity contribution in [3.63, 3.8) is 0 Å². The summed E-state index contributed by atoms with van der Waals surface area (Å²) < 4.78 is 21.3. The normalized spacial score (nSPS) is 13.3. The Bertz CT molecular complexity index is 1000. The predicted octanol–water partition coefficient (Wildman–Crippen LogP) is 4.55. The Labute approximate surface area is 172 Å². The molecule has 2 aromatic carbocycles. The van der Waals surface area contributed by atoms with Gasteiger partial charge in [-0.25, -0.2) is 4.39 Å². The Hall–Kier alpha value is -2.87. The third-order valence-corrected chi connectivity index (χ3v) is 5.57. The number of amides is 1. The smallest absolute Gasteiger partial charge is 0.225 e. The minimum Gasteiger partial charge on any atom is -0.497 e. The zero-order valence-corrected chi connectivity index (χ0v) is 16.8. The van der Waals surface area contributed by atoms with Crippen molar-refractivity contribution in [3.05, 3.63) is 54.3 Å². The average molecular weight is 412 g/mol. The molecule has 4 rings (SSSR count). The second-order valence-corrected chi connectivity index (χ2v) is 7.82. The highest BCUT2D eigenvalue weighted by Gasteiger charge is 2.30. The van der Waals surface area contributed by atoms with E-state index in [-0.39, 0.29) is 11.7 Å². The largest absolute Gasteiger partial charge is 0.497 e. The number of hydrogen-bond acceptors (Lipinski definition) is 5. The Morgan fingerprint density at radius 3 is 2.66 bits per heavy atom. The van der Waals surface area contributed by atoms with Gasteiger partial charge in [0.05, 0.1) is 12.7 Å². The highest BCUT2D eigenvalue weighted by Crippen LogP contribution is 2.41. The van der Waals surface area contributed by atoms with E-state index in [0.29, 0.717) is 29.6 Å². The van der Waals surface area contributed by atoms with Crippen molar-refractivity contribution in [2.45, 2.75) is 30.5 Å². The molecule has 6 nitrogen and oxygen atoms in total. The van der Waals surface area contributed by atoms with Crippen LogP contribution in [0.2, 0.25) is 0 Å². The minimum absolute atomic E-state index is 0.0746. The van der Waals surface area contributed by atoms with Crippen LogP contribution in [0.5, 0.6) is 5.75 Å². The van der Waals surface area contributed by atoms with Gasteiger partial charge in [-0.15, -0.1) is 10.2 Å². The van der Waals surface area contributed by atoms with Gasteiger partial charge in [0, 0.05) is 23.9 Å². The van der Waals surface area contributed by atoms with Crippen LogP contribution >= 0.6 is 11.8 Å². The number of thioether (sulfide) groups is 1. The van der Waals surface area contributed by atoms with Crippen LogP contribution in [0.25, 0.3) is 11.4 Å². The van der Waals surface area contributed by atoms with Crippen molar-refractivity contribution in [2.75, 3.05) is 18.2 Å². The number of hydrogen-bond donors (Lipinski definition) is 1. The highest BCUT2D eigenvalue weighted by molar-refractivity contribution is 7.99. The second kappa shape index (κ2) is 8.65. The Morgan fingerprint density at radius 1 is 1.21 bits per heavy atom. The van der Waals surface area contributed by atoms with Gasteiger partial charge in [0.25, 0.3) is 0 Å². The first-order valence-corrected chi connectivity index (χ1v) is 10.4. The molecule has 29 heavy (non-hydrogen) atoms. The summed E-state index contributed by atoms with van der Waals surface area (Å²) in [6, 6.07) is 14.1. The lowest BCUT2D eigenvalue weighted by atomic mass is 10.2. The lowest BCUT2D eigenvalue weighted by Gasteiger charge is -2.09. The predicted molar refractivity (Wildman–Crippen MR) is 111 cm³/mol. The standard InChI is InChI=1S/C21H21FN4O2S/c1-28-16-10-6-14(7-11-16)23-19(27)12-13-29-21-25-24-20(26(21)15-8-9-15)17-4-2-3-5-18(17)22/h2-7,10-11,15H,8-9,12-13H2,1H3,(H,23,27). The summed E-state index contributed by atoms with van der Waals surface area (Å²) in [6.45, 7) is 0. The summed E-state index contributed by atoms with van der Waals surface area (Å²) in [4.78, 5) is 12.2. The van der Waals surface area contributed by atoms with Crippen molar-refractivity contribution in [2.24, 2.45) is 0 Å². The maximum atomic E-state index is 14.2. The molecule has 150 valence electrons. The molecule has 0 unspecified atom stereocenters. The van der Waals surface area contributed by atoms with Crippen LogP contribution in [0, 0.1) is 5.82 Å². The summed E-state index contributed by atoms with van der Waals surface area (Å²) >= 11 is 1.47. The fraction of sp³-hybridized carbons (Fsp3) is 0.286. The molecule has 0 spiro atoms. The monoisotopic (exact) mass is 412 g/mol. The molecule has 0 atom stereocenters. The Morgan fingerprint density at radius 2 is 1.97 bits per heavy atom. The van der Waals surface area contributed by atoms with Crippen molar-refractivity contribution in [1.29, 1.82) is 0 Å². The number of benzene rings is 2. The average Bonchev–Trinajstić information content (AvgIpc) is 3.49. The second-order valence-electron chi connectivity index (χ2n) is 6.76. The summed E-state index contributed by atoms with van der Waals surface area (Å²) in [5, 5.41) is 12.1. The van der Waals surface area contributed by atoms with Gasteiger partial charge in [-0.05, 0) is 49.2 Å². The molecule has 1 fully saturated rings. The highest BCUT2D eigenvalue weighted by atomic mass is 32.2. The van der Waals surface area contributed by atoms with Gasteiger partial charge in [-0.3, -0.25) is 9.36 Å². The van der Waals surface area contributed by atoms with Gasteiger partial charge in [0.1, 0.15) is 11.6 Å². The third-order valence-electron chi connectivity index (χ3n) is 4.63. The van der Waals surface area contributed by atoms with Crippen LogP contribution in [0.4, 0.5) is 10.1 Å². The van der Waals surface area contributed by atoms with Crippen molar-refractivity contribution in [1.82, 2.24) is 14.8 Å². The van der Waals surface area contributed by atoms with Gasteiger partial charge in [0.2, 0.25) is 5.91 Å². The molecular weight excluding hydrogens is 391 g/mol. The van der Waals surface area contributed by atoms with Crippen molar-refractivity contribution < 1.29 is 13.9 Å². The van der Waals surface area contributed by atoms with Crippen molar-refractivity contribution >= 4 is 23.4 Å². The molecule has 1 saturated carbocycles. The van der Waals surface area contributed by atoms with E-state index in [1.165, 1.54) is 17.8 Å². The molecule has 3 aromatic rings. The quantitative estimate of drug-likeness (QED) is 0.550. The molecule has 0 saturated heterocycles. The fourth-order valence-electron chi connectivity index (χ4n) is 3.00.